The Hall–Kier alpha value is -2.42. The predicted molar refractivity (Wildman–Crippen MR) is 101 cm³/mol. The van der Waals surface area contributed by atoms with Gasteiger partial charge in [-0.1, -0.05) is 18.7 Å². The van der Waals surface area contributed by atoms with Crippen molar-refractivity contribution in [1.29, 1.82) is 0 Å². The van der Waals surface area contributed by atoms with Gasteiger partial charge in [-0.3, -0.25) is 15.1 Å². The molecule has 3 amide bonds. The fourth-order valence-corrected chi connectivity index (χ4v) is 3.11. The summed E-state index contributed by atoms with van der Waals surface area (Å²) in [5.41, 5.74) is 0.918. The van der Waals surface area contributed by atoms with Crippen LogP contribution in [0.2, 0.25) is 0 Å². The number of thioether (sulfide) groups is 1. The first-order valence-corrected chi connectivity index (χ1v) is 9.42. The highest BCUT2D eigenvalue weighted by molar-refractivity contribution is 8.00. The molecule has 0 spiro atoms. The van der Waals surface area contributed by atoms with Gasteiger partial charge in [0.05, 0.1) is 5.25 Å². The molecule has 1 atom stereocenters. The lowest BCUT2D eigenvalue weighted by Gasteiger charge is -2.14. The molecule has 0 radical (unpaired) electrons. The van der Waals surface area contributed by atoms with Gasteiger partial charge in [-0.2, -0.15) is 0 Å². The number of pyridine rings is 1. The molecular formula is C17H24N6O2S. The lowest BCUT2D eigenvalue weighted by Crippen LogP contribution is -2.45. The minimum atomic E-state index is -0.495. The molecule has 0 saturated carbocycles. The molecular weight excluding hydrogens is 352 g/mol. The van der Waals surface area contributed by atoms with Crippen molar-refractivity contribution < 1.29 is 9.59 Å². The predicted octanol–water partition coefficient (Wildman–Crippen LogP) is 2.46. The molecule has 2 aromatic rings. The number of aromatic nitrogens is 4. The van der Waals surface area contributed by atoms with E-state index in [4.69, 9.17) is 0 Å². The fraction of sp³-hybridized carbons (Fsp3) is 0.471. The van der Waals surface area contributed by atoms with Crippen molar-refractivity contribution in [2.75, 3.05) is 0 Å². The first-order chi connectivity index (χ1) is 12.4. The average molecular weight is 376 g/mol. The quantitative estimate of drug-likeness (QED) is 0.720. The highest BCUT2D eigenvalue weighted by Gasteiger charge is 2.22. The molecule has 2 rings (SSSR count). The van der Waals surface area contributed by atoms with Crippen molar-refractivity contribution >= 4 is 23.7 Å². The van der Waals surface area contributed by atoms with Crippen molar-refractivity contribution in [3.05, 3.63) is 24.5 Å². The Kier molecular flexibility index (Phi) is 7.14. The SMILES string of the molecule is CCCn1c(S[C@H](C)C(=O)NC(=O)NC(C)C)nnc1-c1ccncc1. The van der Waals surface area contributed by atoms with Crippen LogP contribution in [0.1, 0.15) is 34.1 Å². The third kappa shape index (κ3) is 5.29. The van der Waals surface area contributed by atoms with E-state index in [1.54, 1.807) is 19.3 Å². The highest BCUT2D eigenvalue weighted by Crippen LogP contribution is 2.26. The average Bonchev–Trinajstić information content (AvgIpc) is 2.97. The van der Waals surface area contributed by atoms with Crippen LogP contribution in [0, 0.1) is 0 Å². The third-order valence-electron chi connectivity index (χ3n) is 3.41. The van der Waals surface area contributed by atoms with Crippen LogP contribution in [-0.4, -0.2) is 43.0 Å². The maximum Gasteiger partial charge on any atom is 0.321 e. The standard InChI is InChI=1S/C17H24N6O2S/c1-5-10-23-14(13-6-8-18-9-7-13)21-22-17(23)26-12(4)15(24)20-16(25)19-11(2)3/h6-9,11-12H,5,10H2,1-4H3,(H2,19,20,24,25)/t12-/m1/s1. The summed E-state index contributed by atoms with van der Waals surface area (Å²) in [7, 11) is 0. The van der Waals surface area contributed by atoms with E-state index in [0.29, 0.717) is 5.16 Å². The summed E-state index contributed by atoms with van der Waals surface area (Å²) < 4.78 is 1.98. The number of imide groups is 1. The molecule has 0 saturated heterocycles. The summed E-state index contributed by atoms with van der Waals surface area (Å²) in [5.74, 6) is 0.367. The molecule has 9 heteroatoms. The molecule has 2 aromatic heterocycles. The number of nitrogens with one attached hydrogen (secondary N) is 2. The maximum atomic E-state index is 12.2. The first kappa shape index (κ1) is 19.9. The molecule has 0 unspecified atom stereocenters. The lowest BCUT2D eigenvalue weighted by molar-refractivity contribution is -0.119. The molecule has 2 heterocycles. The minimum absolute atomic E-state index is 0.0404. The third-order valence-corrected chi connectivity index (χ3v) is 4.49. The minimum Gasteiger partial charge on any atom is -0.336 e. The van der Waals surface area contributed by atoms with Gasteiger partial charge < -0.3 is 9.88 Å². The molecule has 0 fully saturated rings. The second kappa shape index (κ2) is 9.33. The summed E-state index contributed by atoms with van der Waals surface area (Å²) in [6.07, 6.45) is 4.31. The number of hydrogen-bond acceptors (Lipinski definition) is 6. The normalized spacial score (nSPS) is 12.0. The van der Waals surface area contributed by atoms with Crippen LogP contribution in [0.15, 0.2) is 29.7 Å². The van der Waals surface area contributed by atoms with Crippen molar-refractivity contribution in [2.45, 2.75) is 57.1 Å². The van der Waals surface area contributed by atoms with Gasteiger partial charge in [0.2, 0.25) is 5.91 Å². The number of urea groups is 1. The lowest BCUT2D eigenvalue weighted by atomic mass is 10.2. The Morgan fingerprint density at radius 3 is 2.50 bits per heavy atom. The largest absolute Gasteiger partial charge is 0.336 e. The topological polar surface area (TPSA) is 102 Å². The van der Waals surface area contributed by atoms with Gasteiger partial charge in [-0.25, -0.2) is 4.79 Å². The van der Waals surface area contributed by atoms with E-state index in [0.717, 1.165) is 24.4 Å². The van der Waals surface area contributed by atoms with E-state index < -0.39 is 11.3 Å². The number of carbonyl (C=O) groups is 2. The van der Waals surface area contributed by atoms with Crippen molar-refractivity contribution in [2.24, 2.45) is 0 Å². The Labute approximate surface area is 157 Å². The number of nitrogens with zero attached hydrogens (tertiary/aromatic N) is 4. The Balaban J connectivity index is 2.12. The first-order valence-electron chi connectivity index (χ1n) is 8.54. The van der Waals surface area contributed by atoms with E-state index >= 15 is 0 Å². The Morgan fingerprint density at radius 1 is 1.19 bits per heavy atom. The van der Waals surface area contributed by atoms with Gasteiger partial charge in [-0.15, -0.1) is 10.2 Å². The highest BCUT2D eigenvalue weighted by atomic mass is 32.2. The molecule has 0 aliphatic rings. The summed E-state index contributed by atoms with van der Waals surface area (Å²) in [6, 6.07) is 3.21. The summed E-state index contributed by atoms with van der Waals surface area (Å²) in [4.78, 5) is 27.9. The molecule has 0 aromatic carbocycles. The fourth-order valence-electron chi connectivity index (χ4n) is 2.24. The second-order valence-electron chi connectivity index (χ2n) is 6.07. The zero-order valence-corrected chi connectivity index (χ0v) is 16.2. The smallest absolute Gasteiger partial charge is 0.321 e. The number of hydrogen-bond donors (Lipinski definition) is 2. The Morgan fingerprint density at radius 2 is 1.88 bits per heavy atom. The van der Waals surface area contributed by atoms with Gasteiger partial charge in [0.15, 0.2) is 11.0 Å². The van der Waals surface area contributed by atoms with E-state index in [1.165, 1.54) is 11.8 Å². The van der Waals surface area contributed by atoms with Gasteiger partial charge in [0.25, 0.3) is 0 Å². The molecule has 0 aliphatic carbocycles. The second-order valence-corrected chi connectivity index (χ2v) is 7.38. The maximum absolute atomic E-state index is 12.2. The molecule has 26 heavy (non-hydrogen) atoms. The van der Waals surface area contributed by atoms with E-state index in [9.17, 15) is 9.59 Å². The van der Waals surface area contributed by atoms with Crippen LogP contribution in [0.5, 0.6) is 0 Å². The van der Waals surface area contributed by atoms with E-state index in [2.05, 4.69) is 32.7 Å². The van der Waals surface area contributed by atoms with Crippen molar-refractivity contribution in [3.63, 3.8) is 0 Å². The van der Waals surface area contributed by atoms with Gasteiger partial charge >= 0.3 is 6.03 Å². The van der Waals surface area contributed by atoms with Crippen LogP contribution >= 0.6 is 11.8 Å². The summed E-state index contributed by atoms with van der Waals surface area (Å²) in [6.45, 7) is 8.19. The van der Waals surface area contributed by atoms with Crippen LogP contribution in [0.25, 0.3) is 11.4 Å². The van der Waals surface area contributed by atoms with E-state index in [-0.39, 0.29) is 11.9 Å². The van der Waals surface area contributed by atoms with Crippen LogP contribution in [0.4, 0.5) is 4.79 Å². The molecule has 140 valence electrons. The molecule has 2 N–H and O–H groups in total. The van der Waals surface area contributed by atoms with Crippen molar-refractivity contribution in [1.82, 2.24) is 30.4 Å². The van der Waals surface area contributed by atoms with Crippen LogP contribution in [0.3, 0.4) is 0 Å². The van der Waals surface area contributed by atoms with Crippen LogP contribution in [-0.2, 0) is 11.3 Å². The number of rotatable bonds is 7. The molecule has 8 nitrogen and oxygen atoms in total. The summed E-state index contributed by atoms with van der Waals surface area (Å²) >= 11 is 1.28. The van der Waals surface area contributed by atoms with Gasteiger partial charge in [-0.05, 0) is 39.3 Å². The number of carbonyl (C=O) groups excluding carboxylic acids is 2. The zero-order valence-electron chi connectivity index (χ0n) is 15.4. The summed E-state index contributed by atoms with van der Waals surface area (Å²) in [5, 5.41) is 13.6. The van der Waals surface area contributed by atoms with Crippen molar-refractivity contribution in [3.8, 4) is 11.4 Å². The van der Waals surface area contributed by atoms with Crippen LogP contribution < -0.4 is 10.6 Å². The molecule has 0 bridgehead atoms. The zero-order chi connectivity index (χ0) is 19.1. The monoisotopic (exact) mass is 376 g/mol. The Bertz CT molecular complexity index is 747. The number of amides is 3. The van der Waals surface area contributed by atoms with Gasteiger partial charge in [0, 0.05) is 30.5 Å². The molecule has 0 aliphatic heterocycles. The van der Waals surface area contributed by atoms with Gasteiger partial charge in [0.1, 0.15) is 0 Å². The van der Waals surface area contributed by atoms with E-state index in [1.807, 2.05) is 30.5 Å².